The molecule has 52 heavy (non-hydrogen) atoms. The third-order valence-corrected chi connectivity index (χ3v) is 43.3. The maximum Gasteiger partial charge on any atom is 0.214 e. The molecule has 0 aromatic heterocycles. The molecular formula is C42H76O4S2Si4. The van der Waals surface area contributed by atoms with E-state index in [2.05, 4.69) is 128 Å². The van der Waals surface area contributed by atoms with Crippen LogP contribution in [0.15, 0.2) is 60.7 Å². The molecule has 0 saturated heterocycles. The molecule has 1 aliphatic rings. The molecule has 1 heterocycles. The molecule has 2 aromatic rings. The second-order valence-corrected chi connectivity index (χ2v) is 40.1. The van der Waals surface area contributed by atoms with E-state index in [4.69, 9.17) is 7.74 Å². The molecule has 296 valence electrons. The third kappa shape index (κ3) is 10.4. The highest BCUT2D eigenvalue weighted by Crippen LogP contribution is 2.43. The van der Waals surface area contributed by atoms with E-state index in [1.165, 1.54) is 10.4 Å². The second kappa shape index (κ2) is 20.4. The highest BCUT2D eigenvalue weighted by molar-refractivity contribution is 8.53. The van der Waals surface area contributed by atoms with Crippen LogP contribution in [0.1, 0.15) is 119 Å². The minimum atomic E-state index is -3.23. The van der Waals surface area contributed by atoms with Gasteiger partial charge in [0.2, 0.25) is 16.6 Å². The van der Waals surface area contributed by atoms with Crippen LogP contribution in [-0.2, 0) is 27.3 Å². The molecule has 0 spiro atoms. The average molecular weight is 822 g/mol. The molecule has 0 aliphatic carbocycles. The van der Waals surface area contributed by atoms with E-state index in [0.29, 0.717) is 7.64 Å². The maximum atomic E-state index is 17.0. The van der Waals surface area contributed by atoms with Crippen LogP contribution in [0.25, 0.3) is 0 Å². The molecule has 3 rings (SSSR count). The van der Waals surface area contributed by atoms with Crippen LogP contribution >= 0.6 is 0 Å². The van der Waals surface area contributed by atoms with Gasteiger partial charge in [0.25, 0.3) is 0 Å². The quantitative estimate of drug-likeness (QED) is 0.0701. The molecule has 0 bridgehead atoms. The van der Waals surface area contributed by atoms with E-state index < -0.39 is 52.4 Å². The van der Waals surface area contributed by atoms with Crippen molar-refractivity contribution < 1.29 is 16.2 Å². The van der Waals surface area contributed by atoms with Gasteiger partial charge in [0.05, 0.1) is 0 Å². The molecule has 0 unspecified atom stereocenters. The van der Waals surface area contributed by atoms with E-state index in [1.807, 2.05) is 0 Å². The van der Waals surface area contributed by atoms with Gasteiger partial charge in [-0.3, -0.25) is 0 Å². The number of benzene rings is 2. The monoisotopic (exact) mass is 820 g/mol. The first kappa shape index (κ1) is 45.7. The Bertz CT molecular complexity index is 1440. The first-order valence-corrected chi connectivity index (χ1v) is 35.1. The van der Waals surface area contributed by atoms with Crippen molar-refractivity contribution in [1.29, 1.82) is 0 Å². The van der Waals surface area contributed by atoms with Gasteiger partial charge in [0.1, 0.15) is 43.4 Å². The van der Waals surface area contributed by atoms with Crippen LogP contribution in [-0.4, -0.2) is 48.8 Å². The van der Waals surface area contributed by atoms with E-state index >= 15 is 8.42 Å². The minimum Gasteiger partial charge on any atom is -0.338 e. The molecule has 0 saturated carbocycles. The van der Waals surface area contributed by atoms with Crippen molar-refractivity contribution in [1.82, 2.24) is 0 Å². The molecule has 0 radical (unpaired) electrons. The zero-order chi connectivity index (χ0) is 38.5. The number of unbranched alkanes of at least 4 members (excludes halogenated alkanes) is 6. The van der Waals surface area contributed by atoms with Crippen LogP contribution < -0.4 is 10.4 Å². The zero-order valence-corrected chi connectivity index (χ0v) is 40.6. The Kier molecular flexibility index (Phi) is 17.9. The van der Waals surface area contributed by atoms with Crippen molar-refractivity contribution in [2.24, 2.45) is 0 Å². The Hall–Kier alpha value is -0.732. The van der Waals surface area contributed by atoms with Gasteiger partial charge in [-0.25, -0.2) is 8.42 Å². The normalized spacial score (nSPS) is 20.0. The van der Waals surface area contributed by atoms with Gasteiger partial charge in [-0.2, -0.15) is 0 Å². The van der Waals surface area contributed by atoms with E-state index in [0.717, 1.165) is 113 Å². The summed E-state index contributed by atoms with van der Waals surface area (Å²) in [4.78, 5) is 0. The average Bonchev–Trinajstić information content (AvgIpc) is 3.12. The van der Waals surface area contributed by atoms with Gasteiger partial charge < -0.3 is 7.74 Å². The van der Waals surface area contributed by atoms with Crippen molar-refractivity contribution in [2.75, 3.05) is 0 Å². The highest BCUT2D eigenvalue weighted by atomic mass is 32.3. The van der Waals surface area contributed by atoms with Gasteiger partial charge in [0.15, 0.2) is 0 Å². The van der Waals surface area contributed by atoms with Crippen LogP contribution in [0.2, 0.25) is 62.5 Å². The second-order valence-electron chi connectivity index (χ2n) is 16.7. The minimum absolute atomic E-state index is 0.716. The van der Waals surface area contributed by atoms with E-state index in [1.54, 1.807) is 0 Å². The molecular weight excluding hydrogens is 745 g/mol. The Labute approximate surface area is 326 Å². The van der Waals surface area contributed by atoms with Gasteiger partial charge in [-0.1, -0.05) is 216 Å². The molecule has 10 heteroatoms. The van der Waals surface area contributed by atoms with Crippen molar-refractivity contribution in [2.45, 2.75) is 181 Å². The predicted molar refractivity (Wildman–Crippen MR) is 245 cm³/mol. The molecule has 0 atom stereocenters. The van der Waals surface area contributed by atoms with Crippen molar-refractivity contribution in [3.63, 3.8) is 0 Å². The summed E-state index contributed by atoms with van der Waals surface area (Å²) in [6.45, 7) is 22.8. The summed E-state index contributed by atoms with van der Waals surface area (Å²) in [6, 6.07) is 27.3. The predicted octanol–water partition coefficient (Wildman–Crippen LogP) is 11.7. The number of hydrogen-bond donors (Lipinski definition) is 0. The van der Waals surface area contributed by atoms with E-state index in [9.17, 15) is 0 Å². The third-order valence-electron chi connectivity index (χ3n) is 11.5. The molecule has 0 amide bonds. The fraction of sp³-hybridized carbons (Fsp3) is 0.667. The van der Waals surface area contributed by atoms with Crippen molar-refractivity contribution in [3.8, 4) is 0 Å². The topological polar surface area (TPSA) is 52.6 Å². The molecule has 1 aliphatic heterocycles. The van der Waals surface area contributed by atoms with Gasteiger partial charge in [-0.05, 0) is 36.3 Å². The smallest absolute Gasteiger partial charge is 0.214 e. The first-order valence-electron chi connectivity index (χ1n) is 21.1. The number of rotatable bonds is 26. The molecule has 2 aromatic carbocycles. The summed E-state index contributed by atoms with van der Waals surface area (Å²) in [5, 5.41) is 2.34. The lowest BCUT2D eigenvalue weighted by molar-refractivity contribution is 0.526. The van der Waals surface area contributed by atoms with Crippen molar-refractivity contribution in [3.05, 3.63) is 60.7 Å². The van der Waals surface area contributed by atoms with E-state index in [-0.39, 0.29) is 0 Å². The summed E-state index contributed by atoms with van der Waals surface area (Å²) in [7, 11) is -17.2. The van der Waals surface area contributed by atoms with Gasteiger partial charge in [0, 0.05) is 0 Å². The fourth-order valence-corrected chi connectivity index (χ4v) is 46.3. The molecule has 0 N–H and O–H groups in total. The summed E-state index contributed by atoms with van der Waals surface area (Å²) in [5.74, 6) is 0. The van der Waals surface area contributed by atoms with Crippen LogP contribution in [0.3, 0.4) is 0 Å². The number of hydrogen-bond acceptors (Lipinski definition) is 4. The van der Waals surface area contributed by atoms with Crippen LogP contribution in [0.5, 0.6) is 0 Å². The molecule has 0 fully saturated rings. The Morgan fingerprint density at radius 3 is 0.865 bits per heavy atom. The SMILES string of the molecule is CCCC[Si](CCCC)(CCCC)OS1(=O)=C([Si](C)(C)c2ccccc2)S(=O)(O[Si](CCCC)(CCCC)CCCC)=C1[Si](C)(C)c1ccccc1. The summed E-state index contributed by atoms with van der Waals surface area (Å²) in [6.07, 6.45) is 13.1. The highest BCUT2D eigenvalue weighted by Gasteiger charge is 2.60. The Balaban J connectivity index is 2.56. The zero-order valence-electron chi connectivity index (χ0n) is 35.0. The summed E-state index contributed by atoms with van der Waals surface area (Å²) in [5.41, 5.74) is 0. The first-order chi connectivity index (χ1) is 24.7. The largest absolute Gasteiger partial charge is 0.338 e. The summed E-state index contributed by atoms with van der Waals surface area (Å²) >= 11 is 0. The lowest BCUT2D eigenvalue weighted by atomic mass is 10.4. The fourth-order valence-electron chi connectivity index (χ4n) is 8.36. The maximum absolute atomic E-state index is 17.0. The van der Waals surface area contributed by atoms with Crippen LogP contribution in [0.4, 0.5) is 0 Å². The lowest BCUT2D eigenvalue weighted by Gasteiger charge is -2.49. The van der Waals surface area contributed by atoms with Crippen molar-refractivity contribution >= 4 is 70.4 Å². The lowest BCUT2D eigenvalue weighted by Crippen LogP contribution is -2.72. The standard InChI is InChI=1S/C42H76O4S2Si4/c1-11-17-33-51(34-18-12-2,35-19-13-3)45-47(43)41(49(7,8)39-29-25-23-26-30-39)48(44,42(47)50(9,10)40-31-27-24-28-32-40)46-52(36-20-14-4,37-21-15-5)38-22-16-6/h23-32H,11-22,33-38H2,1-10H3. The van der Waals surface area contributed by atoms with Crippen LogP contribution in [0, 0.1) is 0 Å². The Morgan fingerprint density at radius 1 is 0.423 bits per heavy atom. The van der Waals surface area contributed by atoms with Gasteiger partial charge >= 0.3 is 0 Å². The summed E-state index contributed by atoms with van der Waals surface area (Å²) < 4.78 is 50.9. The molecule has 4 nitrogen and oxygen atoms in total. The Morgan fingerprint density at radius 2 is 0.654 bits per heavy atom. The van der Waals surface area contributed by atoms with Gasteiger partial charge in [-0.15, -0.1) is 0 Å².